The van der Waals surface area contributed by atoms with Gasteiger partial charge < -0.3 is 15.5 Å². The van der Waals surface area contributed by atoms with Crippen LogP contribution in [0.5, 0.6) is 0 Å². The second-order valence-electron chi connectivity index (χ2n) is 6.53. The first-order valence-corrected chi connectivity index (χ1v) is 8.01. The molecule has 1 unspecified atom stereocenters. The molecule has 0 heterocycles. The molecule has 4 heteroatoms. The highest BCUT2D eigenvalue weighted by Gasteiger charge is 2.25. The molecule has 0 aromatic rings. The number of hydrogen-bond donors (Lipinski definition) is 1. The molecular weight excluding hydrogens is 250 g/mol. The number of carbonyl (C=O) groups is 1. The van der Waals surface area contributed by atoms with Gasteiger partial charge in [0.2, 0.25) is 5.91 Å². The van der Waals surface area contributed by atoms with Crippen molar-refractivity contribution in [2.45, 2.75) is 60.4 Å². The molecule has 0 saturated heterocycles. The lowest BCUT2D eigenvalue weighted by Crippen LogP contribution is -2.42. The summed E-state index contributed by atoms with van der Waals surface area (Å²) >= 11 is 0. The molecule has 1 amide bonds. The van der Waals surface area contributed by atoms with Crippen molar-refractivity contribution in [1.29, 1.82) is 0 Å². The second-order valence-corrected chi connectivity index (χ2v) is 6.53. The molecular formula is C16H35N3O. The lowest BCUT2D eigenvalue weighted by Gasteiger charge is -2.29. The molecule has 2 N–H and O–H groups in total. The van der Waals surface area contributed by atoms with Crippen LogP contribution < -0.4 is 5.73 Å². The Morgan fingerprint density at radius 2 is 1.60 bits per heavy atom. The Bertz CT molecular complexity index is 269. The van der Waals surface area contributed by atoms with E-state index in [1.807, 2.05) is 11.8 Å². The molecule has 1 atom stereocenters. The van der Waals surface area contributed by atoms with Gasteiger partial charge in [0, 0.05) is 25.6 Å². The lowest BCUT2D eigenvalue weighted by molar-refractivity contribution is -0.132. The van der Waals surface area contributed by atoms with Crippen molar-refractivity contribution in [3.8, 4) is 0 Å². The normalized spacial score (nSPS) is 13.6. The van der Waals surface area contributed by atoms with Crippen LogP contribution in [0.3, 0.4) is 0 Å². The summed E-state index contributed by atoms with van der Waals surface area (Å²) in [5.74, 6) is 0.189. The van der Waals surface area contributed by atoms with E-state index >= 15 is 0 Å². The number of amides is 1. The van der Waals surface area contributed by atoms with Gasteiger partial charge in [-0.1, -0.05) is 34.6 Å². The van der Waals surface area contributed by atoms with E-state index in [9.17, 15) is 4.79 Å². The molecule has 120 valence electrons. The van der Waals surface area contributed by atoms with Crippen LogP contribution in [-0.4, -0.2) is 54.5 Å². The van der Waals surface area contributed by atoms with Gasteiger partial charge in [0.25, 0.3) is 0 Å². The van der Waals surface area contributed by atoms with Crippen molar-refractivity contribution in [3.63, 3.8) is 0 Å². The monoisotopic (exact) mass is 285 g/mol. The zero-order valence-electron chi connectivity index (χ0n) is 14.4. The van der Waals surface area contributed by atoms with E-state index in [1.54, 1.807) is 0 Å². The van der Waals surface area contributed by atoms with E-state index in [2.05, 4.69) is 39.5 Å². The molecule has 0 aliphatic carbocycles. The Hall–Kier alpha value is -0.610. The summed E-state index contributed by atoms with van der Waals surface area (Å²) in [5, 5.41) is 0. The van der Waals surface area contributed by atoms with E-state index in [4.69, 9.17) is 5.73 Å². The molecule has 0 radical (unpaired) electrons. The first kappa shape index (κ1) is 19.4. The van der Waals surface area contributed by atoms with Crippen LogP contribution in [0.1, 0.15) is 54.4 Å². The third-order valence-electron chi connectivity index (χ3n) is 4.04. The van der Waals surface area contributed by atoms with Gasteiger partial charge in [0.1, 0.15) is 0 Å². The van der Waals surface area contributed by atoms with Crippen molar-refractivity contribution in [2.75, 3.05) is 32.7 Å². The fourth-order valence-corrected chi connectivity index (χ4v) is 2.11. The maximum absolute atomic E-state index is 12.3. The first-order valence-electron chi connectivity index (χ1n) is 8.01. The van der Waals surface area contributed by atoms with E-state index < -0.39 is 0 Å². The van der Waals surface area contributed by atoms with Crippen molar-refractivity contribution in [3.05, 3.63) is 0 Å². The molecule has 0 aliphatic heterocycles. The Morgan fingerprint density at radius 1 is 1.05 bits per heavy atom. The van der Waals surface area contributed by atoms with Crippen molar-refractivity contribution in [2.24, 2.45) is 11.1 Å². The number of carbonyl (C=O) groups excluding carboxylic acids is 1. The SMILES string of the molecule is CCN(CC)CCCN(CC)C(=O)CC(N)C(C)(C)C. The van der Waals surface area contributed by atoms with Gasteiger partial charge >= 0.3 is 0 Å². The zero-order chi connectivity index (χ0) is 15.8. The van der Waals surface area contributed by atoms with E-state index in [1.165, 1.54) is 0 Å². The van der Waals surface area contributed by atoms with Gasteiger partial charge in [-0.25, -0.2) is 0 Å². The Kier molecular flexibility index (Phi) is 9.06. The number of hydrogen-bond acceptors (Lipinski definition) is 3. The maximum Gasteiger partial charge on any atom is 0.224 e. The predicted octanol–water partition coefficient (Wildman–Crippen LogP) is 2.33. The molecule has 0 bridgehead atoms. The fraction of sp³-hybridized carbons (Fsp3) is 0.938. The summed E-state index contributed by atoms with van der Waals surface area (Å²) in [7, 11) is 0. The minimum Gasteiger partial charge on any atom is -0.343 e. The Labute approximate surface area is 125 Å². The van der Waals surface area contributed by atoms with Crippen molar-refractivity contribution in [1.82, 2.24) is 9.80 Å². The van der Waals surface area contributed by atoms with Crippen LogP contribution in [0.25, 0.3) is 0 Å². The van der Waals surface area contributed by atoms with Crippen LogP contribution in [0, 0.1) is 5.41 Å². The highest BCUT2D eigenvalue weighted by molar-refractivity contribution is 5.76. The van der Waals surface area contributed by atoms with Gasteiger partial charge in [-0.05, 0) is 38.4 Å². The van der Waals surface area contributed by atoms with Gasteiger partial charge in [-0.15, -0.1) is 0 Å². The van der Waals surface area contributed by atoms with E-state index in [0.717, 1.165) is 39.1 Å². The second kappa shape index (κ2) is 9.35. The topological polar surface area (TPSA) is 49.6 Å². The third kappa shape index (κ3) is 7.25. The summed E-state index contributed by atoms with van der Waals surface area (Å²) in [5.41, 5.74) is 6.09. The summed E-state index contributed by atoms with van der Waals surface area (Å²) in [6.45, 7) is 17.5. The van der Waals surface area contributed by atoms with Crippen LogP contribution in [-0.2, 0) is 4.79 Å². The third-order valence-corrected chi connectivity index (χ3v) is 4.04. The van der Waals surface area contributed by atoms with Crippen LogP contribution in [0.2, 0.25) is 0 Å². The first-order chi connectivity index (χ1) is 9.26. The molecule has 20 heavy (non-hydrogen) atoms. The highest BCUT2D eigenvalue weighted by atomic mass is 16.2. The molecule has 0 spiro atoms. The Balaban J connectivity index is 4.22. The summed E-state index contributed by atoms with van der Waals surface area (Å²) < 4.78 is 0. The molecule has 0 aromatic heterocycles. The van der Waals surface area contributed by atoms with Gasteiger partial charge in [-0.2, -0.15) is 0 Å². The maximum atomic E-state index is 12.3. The van der Waals surface area contributed by atoms with Crippen LogP contribution >= 0.6 is 0 Å². The fourth-order valence-electron chi connectivity index (χ4n) is 2.11. The largest absolute Gasteiger partial charge is 0.343 e. The van der Waals surface area contributed by atoms with Gasteiger partial charge in [0.15, 0.2) is 0 Å². The average molecular weight is 285 g/mol. The van der Waals surface area contributed by atoms with E-state index in [-0.39, 0.29) is 17.4 Å². The standard InChI is InChI=1S/C16H35N3O/c1-7-18(8-2)11-10-12-19(9-3)15(20)13-14(17)16(4,5)6/h14H,7-13,17H2,1-6H3. The highest BCUT2D eigenvalue weighted by Crippen LogP contribution is 2.20. The molecule has 0 rings (SSSR count). The number of nitrogens with two attached hydrogens (primary N) is 1. The summed E-state index contributed by atoms with van der Waals surface area (Å²) in [6, 6.07) is -0.0770. The Morgan fingerprint density at radius 3 is 2.00 bits per heavy atom. The molecule has 0 aliphatic rings. The number of nitrogens with zero attached hydrogens (tertiary/aromatic N) is 2. The molecule has 0 saturated carbocycles. The average Bonchev–Trinajstić information content (AvgIpc) is 2.37. The van der Waals surface area contributed by atoms with Crippen molar-refractivity contribution >= 4 is 5.91 Å². The minimum absolute atomic E-state index is 0.0176. The zero-order valence-corrected chi connectivity index (χ0v) is 14.4. The molecule has 0 fully saturated rings. The lowest BCUT2D eigenvalue weighted by atomic mass is 9.85. The molecule has 4 nitrogen and oxygen atoms in total. The van der Waals surface area contributed by atoms with Gasteiger partial charge in [-0.3, -0.25) is 4.79 Å². The summed E-state index contributed by atoms with van der Waals surface area (Å²) in [6.07, 6.45) is 1.48. The van der Waals surface area contributed by atoms with Crippen molar-refractivity contribution < 1.29 is 4.79 Å². The minimum atomic E-state index is -0.0770. The molecule has 0 aromatic carbocycles. The number of rotatable bonds is 9. The van der Waals surface area contributed by atoms with Crippen LogP contribution in [0.4, 0.5) is 0 Å². The predicted molar refractivity (Wildman–Crippen MR) is 86.7 cm³/mol. The van der Waals surface area contributed by atoms with E-state index in [0.29, 0.717) is 6.42 Å². The smallest absolute Gasteiger partial charge is 0.224 e. The van der Waals surface area contributed by atoms with Gasteiger partial charge in [0.05, 0.1) is 0 Å². The summed E-state index contributed by atoms with van der Waals surface area (Å²) in [4.78, 5) is 16.6. The quantitative estimate of drug-likeness (QED) is 0.707. The van der Waals surface area contributed by atoms with Crippen LogP contribution in [0.15, 0.2) is 0 Å².